The second kappa shape index (κ2) is 3.63. The largest absolute Gasteiger partial charge is 0.393 e. The number of fused-ring (bicyclic) bond motifs is 1. The molecule has 0 aliphatic carbocycles. The first kappa shape index (κ1) is 8.96. The summed E-state index contributed by atoms with van der Waals surface area (Å²) in [6.45, 7) is 2.30. The van der Waals surface area contributed by atoms with Gasteiger partial charge in [-0.2, -0.15) is 0 Å². The Morgan fingerprint density at radius 2 is 2.29 bits per heavy atom. The van der Waals surface area contributed by atoms with Gasteiger partial charge in [-0.3, -0.25) is 0 Å². The van der Waals surface area contributed by atoms with Gasteiger partial charge in [0.05, 0.1) is 0 Å². The van der Waals surface area contributed by atoms with Gasteiger partial charge in [-0.25, -0.2) is 0 Å². The van der Waals surface area contributed by atoms with Gasteiger partial charge in [0.15, 0.2) is 0 Å². The van der Waals surface area contributed by atoms with E-state index in [1.807, 2.05) is 31.2 Å². The van der Waals surface area contributed by atoms with E-state index in [2.05, 4.69) is 10.3 Å². The van der Waals surface area contributed by atoms with Crippen LogP contribution in [0.15, 0.2) is 24.3 Å². The number of aromatic nitrogens is 3. The van der Waals surface area contributed by atoms with Crippen molar-refractivity contribution < 1.29 is 4.84 Å². The molecule has 2 aromatic rings. The minimum absolute atomic E-state index is 0.0158. The Balaban J connectivity index is 2.25. The summed E-state index contributed by atoms with van der Waals surface area (Å²) in [7, 11) is 0. The maximum Gasteiger partial charge on any atom is 0.132 e. The quantitative estimate of drug-likeness (QED) is 0.754. The summed E-state index contributed by atoms with van der Waals surface area (Å²) < 4.78 is 0. The highest BCUT2D eigenvalue weighted by Gasteiger charge is 2.04. The third-order valence-electron chi connectivity index (χ3n) is 1.78. The van der Waals surface area contributed by atoms with Crippen LogP contribution in [0.25, 0.3) is 11.0 Å². The minimum Gasteiger partial charge on any atom is -0.393 e. The van der Waals surface area contributed by atoms with E-state index in [0.717, 1.165) is 11.0 Å². The van der Waals surface area contributed by atoms with Gasteiger partial charge in [0.2, 0.25) is 0 Å². The number of benzene rings is 1. The average molecular weight is 192 g/mol. The van der Waals surface area contributed by atoms with Gasteiger partial charge in [-0.05, 0) is 24.3 Å². The van der Waals surface area contributed by atoms with Crippen molar-refractivity contribution >= 4 is 11.0 Å². The van der Waals surface area contributed by atoms with Crippen molar-refractivity contribution in [3.63, 3.8) is 0 Å². The molecule has 0 aliphatic heterocycles. The van der Waals surface area contributed by atoms with Crippen LogP contribution in [0, 0.1) is 0 Å². The van der Waals surface area contributed by atoms with Crippen LogP contribution in [0.2, 0.25) is 0 Å². The molecule has 2 N–H and O–H groups in total. The average Bonchev–Trinajstić information content (AvgIpc) is 2.58. The lowest BCUT2D eigenvalue weighted by Gasteiger charge is -2.06. The molecule has 2 rings (SSSR count). The van der Waals surface area contributed by atoms with Crippen LogP contribution in [0.5, 0.6) is 0 Å². The van der Waals surface area contributed by atoms with Crippen LogP contribution in [0.3, 0.4) is 0 Å². The van der Waals surface area contributed by atoms with Gasteiger partial charge in [-0.15, -0.1) is 5.10 Å². The maximum atomic E-state index is 5.57. The third-order valence-corrected chi connectivity index (χ3v) is 1.78. The van der Waals surface area contributed by atoms with Crippen molar-refractivity contribution in [3.8, 4) is 0 Å². The molecule has 0 amide bonds. The Kier molecular flexibility index (Phi) is 2.32. The van der Waals surface area contributed by atoms with Crippen molar-refractivity contribution in [2.75, 3.05) is 6.61 Å². The van der Waals surface area contributed by atoms with Gasteiger partial charge in [-0.1, -0.05) is 17.0 Å². The topological polar surface area (TPSA) is 66.0 Å². The van der Waals surface area contributed by atoms with E-state index in [0.29, 0.717) is 6.61 Å². The molecule has 1 unspecified atom stereocenters. The molecule has 74 valence electrons. The molecule has 1 heterocycles. The fraction of sp³-hybridized carbons (Fsp3) is 0.333. The molecular weight excluding hydrogens is 180 g/mol. The Morgan fingerprint density at radius 3 is 3.07 bits per heavy atom. The highest BCUT2D eigenvalue weighted by Crippen LogP contribution is 2.07. The summed E-state index contributed by atoms with van der Waals surface area (Å²) in [5.41, 5.74) is 7.24. The highest BCUT2D eigenvalue weighted by molar-refractivity contribution is 5.73. The zero-order chi connectivity index (χ0) is 9.97. The zero-order valence-corrected chi connectivity index (χ0v) is 7.92. The molecule has 0 bridgehead atoms. The van der Waals surface area contributed by atoms with Crippen molar-refractivity contribution in [1.82, 2.24) is 15.2 Å². The number of rotatable bonds is 3. The van der Waals surface area contributed by atoms with Crippen LogP contribution in [-0.2, 0) is 0 Å². The predicted octanol–water partition coefficient (Wildman–Crippen LogP) is 0.207. The van der Waals surface area contributed by atoms with E-state index in [9.17, 15) is 0 Å². The van der Waals surface area contributed by atoms with Crippen LogP contribution < -0.4 is 10.6 Å². The van der Waals surface area contributed by atoms with Crippen LogP contribution in [-0.4, -0.2) is 27.8 Å². The molecule has 5 nitrogen and oxygen atoms in total. The van der Waals surface area contributed by atoms with Gasteiger partial charge in [0.1, 0.15) is 17.6 Å². The molecule has 0 radical (unpaired) electrons. The fourth-order valence-electron chi connectivity index (χ4n) is 1.13. The molecular formula is C9H12N4O. The van der Waals surface area contributed by atoms with E-state index in [1.54, 1.807) is 0 Å². The summed E-state index contributed by atoms with van der Waals surface area (Å²) in [5, 5.41) is 7.80. The molecule has 1 aromatic heterocycles. The SMILES string of the molecule is CC(N)COn1nnc2ccccc21. The number of hydrogen-bond acceptors (Lipinski definition) is 4. The van der Waals surface area contributed by atoms with Crippen molar-refractivity contribution in [1.29, 1.82) is 0 Å². The molecule has 0 fully saturated rings. The molecule has 0 saturated heterocycles. The van der Waals surface area contributed by atoms with Crippen LogP contribution in [0.4, 0.5) is 0 Å². The lowest BCUT2D eigenvalue weighted by Crippen LogP contribution is -2.28. The van der Waals surface area contributed by atoms with E-state index < -0.39 is 0 Å². The summed E-state index contributed by atoms with van der Waals surface area (Å²) in [4.78, 5) is 6.74. The maximum absolute atomic E-state index is 5.57. The highest BCUT2D eigenvalue weighted by atomic mass is 16.7. The third kappa shape index (κ3) is 1.67. The van der Waals surface area contributed by atoms with Crippen LogP contribution in [0.1, 0.15) is 6.92 Å². The number of para-hydroxylation sites is 1. The summed E-state index contributed by atoms with van der Waals surface area (Å²) in [6.07, 6.45) is 0. The molecule has 1 atom stereocenters. The molecule has 0 saturated carbocycles. The normalized spacial score (nSPS) is 13.0. The predicted molar refractivity (Wildman–Crippen MR) is 52.6 cm³/mol. The van der Waals surface area contributed by atoms with Gasteiger partial charge >= 0.3 is 0 Å². The number of nitrogens with zero attached hydrogens (tertiary/aromatic N) is 3. The van der Waals surface area contributed by atoms with E-state index in [-0.39, 0.29) is 6.04 Å². The van der Waals surface area contributed by atoms with Gasteiger partial charge in [0, 0.05) is 6.04 Å². The van der Waals surface area contributed by atoms with E-state index in [4.69, 9.17) is 10.6 Å². The van der Waals surface area contributed by atoms with Crippen molar-refractivity contribution in [3.05, 3.63) is 24.3 Å². The number of nitrogens with two attached hydrogens (primary N) is 1. The summed E-state index contributed by atoms with van der Waals surface area (Å²) in [6, 6.07) is 7.59. The Morgan fingerprint density at radius 1 is 1.50 bits per heavy atom. The minimum atomic E-state index is -0.0158. The smallest absolute Gasteiger partial charge is 0.132 e. The first-order valence-corrected chi connectivity index (χ1v) is 4.46. The lowest BCUT2D eigenvalue weighted by molar-refractivity contribution is 0.0801. The Hall–Kier alpha value is -1.62. The first-order chi connectivity index (χ1) is 6.77. The fourth-order valence-corrected chi connectivity index (χ4v) is 1.13. The number of hydrogen-bond donors (Lipinski definition) is 1. The monoisotopic (exact) mass is 192 g/mol. The van der Waals surface area contributed by atoms with E-state index >= 15 is 0 Å². The standard InChI is InChI=1S/C9H12N4O/c1-7(10)6-14-13-9-5-3-2-4-8(9)11-12-13/h2-5,7H,6,10H2,1H3. The van der Waals surface area contributed by atoms with Gasteiger partial charge < -0.3 is 10.6 Å². The van der Waals surface area contributed by atoms with Crippen molar-refractivity contribution in [2.24, 2.45) is 5.73 Å². The lowest BCUT2D eigenvalue weighted by atomic mass is 10.3. The summed E-state index contributed by atoms with van der Waals surface area (Å²) >= 11 is 0. The first-order valence-electron chi connectivity index (χ1n) is 4.46. The second-order valence-corrected chi connectivity index (χ2v) is 3.22. The van der Waals surface area contributed by atoms with Gasteiger partial charge in [0.25, 0.3) is 0 Å². The molecule has 14 heavy (non-hydrogen) atoms. The molecule has 5 heteroatoms. The van der Waals surface area contributed by atoms with Crippen LogP contribution >= 0.6 is 0 Å². The second-order valence-electron chi connectivity index (χ2n) is 3.22. The zero-order valence-electron chi connectivity index (χ0n) is 7.92. The van der Waals surface area contributed by atoms with E-state index in [1.165, 1.54) is 4.85 Å². The summed E-state index contributed by atoms with van der Waals surface area (Å²) in [5.74, 6) is 0. The van der Waals surface area contributed by atoms with Crippen molar-refractivity contribution in [2.45, 2.75) is 13.0 Å². The Bertz CT molecular complexity index is 423. The Labute approximate surface area is 81.4 Å². The molecule has 1 aromatic carbocycles. The molecule has 0 aliphatic rings. The molecule has 0 spiro atoms.